The Labute approximate surface area is 179 Å². The van der Waals surface area contributed by atoms with Crippen molar-refractivity contribution in [1.82, 2.24) is 20.4 Å². The summed E-state index contributed by atoms with van der Waals surface area (Å²) in [4.78, 5) is 17.1. The van der Waals surface area contributed by atoms with Crippen molar-refractivity contribution in [3.05, 3.63) is 52.9 Å². The van der Waals surface area contributed by atoms with E-state index in [2.05, 4.69) is 37.9 Å². The molecule has 29 heavy (non-hydrogen) atoms. The summed E-state index contributed by atoms with van der Waals surface area (Å²) in [7, 11) is 0. The summed E-state index contributed by atoms with van der Waals surface area (Å²) in [5.74, 6) is 0. The lowest BCUT2D eigenvalue weighted by Gasteiger charge is -2.18. The van der Waals surface area contributed by atoms with Crippen LogP contribution in [-0.4, -0.2) is 34.2 Å². The molecule has 0 saturated carbocycles. The zero-order chi connectivity index (χ0) is 19.9. The van der Waals surface area contributed by atoms with Crippen LogP contribution in [0.3, 0.4) is 0 Å². The molecule has 1 aliphatic heterocycles. The molecule has 0 unspecified atom stereocenters. The maximum absolute atomic E-state index is 12.1. The van der Waals surface area contributed by atoms with E-state index >= 15 is 0 Å². The first kappa shape index (κ1) is 20.0. The second-order valence-corrected chi connectivity index (χ2v) is 9.31. The maximum atomic E-state index is 12.1. The highest BCUT2D eigenvalue weighted by Crippen LogP contribution is 2.32. The zero-order valence-electron chi connectivity index (χ0n) is 16.3. The van der Waals surface area contributed by atoms with Crippen LogP contribution in [0.1, 0.15) is 36.1 Å². The molecule has 2 amide bonds. The number of nitrogens with zero attached hydrogens (tertiary/aromatic N) is 3. The van der Waals surface area contributed by atoms with Gasteiger partial charge in [-0.2, -0.15) is 0 Å². The van der Waals surface area contributed by atoms with Crippen molar-refractivity contribution in [2.75, 3.05) is 18.4 Å². The van der Waals surface area contributed by atoms with Gasteiger partial charge < -0.3 is 5.32 Å². The Kier molecular flexibility index (Phi) is 6.87. The Morgan fingerprint density at radius 1 is 0.966 bits per heavy atom. The molecule has 2 aromatic heterocycles. The number of amides is 2. The molecule has 4 rings (SSSR count). The predicted molar refractivity (Wildman–Crippen MR) is 119 cm³/mol. The fourth-order valence-electron chi connectivity index (χ4n) is 3.39. The molecular weight excluding hydrogens is 402 g/mol. The van der Waals surface area contributed by atoms with Gasteiger partial charge in [0, 0.05) is 18.0 Å². The summed E-state index contributed by atoms with van der Waals surface area (Å²) in [5, 5.41) is 15.3. The number of aromatic nitrogens is 2. The highest BCUT2D eigenvalue weighted by atomic mass is 32.1. The molecule has 2 N–H and O–H groups in total. The molecule has 0 radical (unpaired) electrons. The molecule has 1 fully saturated rings. The van der Waals surface area contributed by atoms with Crippen molar-refractivity contribution in [3.8, 4) is 9.88 Å². The van der Waals surface area contributed by atoms with E-state index in [4.69, 9.17) is 0 Å². The minimum atomic E-state index is -0.274. The smallest absolute Gasteiger partial charge is 0.321 e. The van der Waals surface area contributed by atoms with Crippen LogP contribution in [0.15, 0.2) is 42.5 Å². The van der Waals surface area contributed by atoms with Crippen LogP contribution < -0.4 is 10.6 Å². The molecule has 6 nitrogen and oxygen atoms in total. The maximum Gasteiger partial charge on any atom is 0.321 e. The van der Waals surface area contributed by atoms with Crippen LogP contribution in [0, 0.1) is 0 Å². The van der Waals surface area contributed by atoms with E-state index < -0.39 is 0 Å². The monoisotopic (exact) mass is 427 g/mol. The van der Waals surface area contributed by atoms with E-state index in [-0.39, 0.29) is 6.03 Å². The topological polar surface area (TPSA) is 70.1 Å². The van der Waals surface area contributed by atoms with Crippen molar-refractivity contribution in [2.45, 2.75) is 38.8 Å². The van der Waals surface area contributed by atoms with Gasteiger partial charge in [-0.25, -0.2) is 4.79 Å². The average Bonchev–Trinajstić information content (AvgIpc) is 3.31. The third kappa shape index (κ3) is 5.85. The molecule has 1 aliphatic rings. The van der Waals surface area contributed by atoms with Crippen molar-refractivity contribution >= 4 is 33.8 Å². The predicted octanol–water partition coefficient (Wildman–Crippen LogP) is 4.96. The third-order valence-electron chi connectivity index (χ3n) is 4.89. The lowest BCUT2D eigenvalue weighted by atomic mass is 10.2. The molecular formula is C21H25N5OS2. The molecule has 0 bridgehead atoms. The van der Waals surface area contributed by atoms with E-state index in [0.717, 1.165) is 22.0 Å². The highest BCUT2D eigenvalue weighted by Gasteiger charge is 2.14. The Balaban J connectivity index is 1.30. The second kappa shape index (κ2) is 9.96. The Morgan fingerprint density at radius 2 is 1.76 bits per heavy atom. The van der Waals surface area contributed by atoms with Crippen LogP contribution in [0.25, 0.3) is 9.88 Å². The summed E-state index contributed by atoms with van der Waals surface area (Å²) >= 11 is 3.17. The van der Waals surface area contributed by atoms with E-state index in [1.54, 1.807) is 11.3 Å². The normalized spacial score (nSPS) is 15.0. The van der Waals surface area contributed by atoms with Gasteiger partial charge in [0.05, 0.1) is 4.88 Å². The minimum Gasteiger partial charge on any atom is -0.334 e. The van der Waals surface area contributed by atoms with Crippen LogP contribution in [0.4, 0.5) is 9.93 Å². The quantitative estimate of drug-likeness (QED) is 0.583. The van der Waals surface area contributed by atoms with Gasteiger partial charge in [-0.1, -0.05) is 54.5 Å². The number of hydrogen-bond acceptors (Lipinski definition) is 6. The standard InChI is InChI=1S/C21H25N5OS2/c27-20(22-14-16-8-4-3-5-9-16)23-21-25-24-19(29-21)18-11-10-17(28-18)15-26-12-6-1-2-7-13-26/h3-5,8-11H,1-2,6-7,12-15H2,(H2,22,23,25,27). The SMILES string of the molecule is O=C(NCc1ccccc1)Nc1nnc(-c2ccc(CN3CCCCCC3)s2)s1. The molecule has 8 heteroatoms. The van der Waals surface area contributed by atoms with Gasteiger partial charge >= 0.3 is 6.03 Å². The van der Waals surface area contributed by atoms with Gasteiger partial charge in [0.25, 0.3) is 0 Å². The van der Waals surface area contributed by atoms with E-state index in [1.807, 2.05) is 30.3 Å². The molecule has 0 aliphatic carbocycles. The molecule has 0 atom stereocenters. The highest BCUT2D eigenvalue weighted by molar-refractivity contribution is 7.23. The molecule has 1 aromatic carbocycles. The molecule has 0 spiro atoms. The van der Waals surface area contributed by atoms with Crippen molar-refractivity contribution in [2.24, 2.45) is 0 Å². The number of carbonyl (C=O) groups is 1. The first-order valence-corrected chi connectivity index (χ1v) is 11.6. The van der Waals surface area contributed by atoms with Crippen LogP contribution in [0.2, 0.25) is 0 Å². The molecule has 1 saturated heterocycles. The number of benzene rings is 1. The fourth-order valence-corrected chi connectivity index (χ4v) is 5.22. The lowest BCUT2D eigenvalue weighted by molar-refractivity contribution is 0.251. The van der Waals surface area contributed by atoms with Crippen LogP contribution in [0.5, 0.6) is 0 Å². The van der Waals surface area contributed by atoms with Gasteiger partial charge in [0.2, 0.25) is 5.13 Å². The summed E-state index contributed by atoms with van der Waals surface area (Å²) in [6.07, 6.45) is 5.31. The second-order valence-electron chi connectivity index (χ2n) is 7.16. The summed E-state index contributed by atoms with van der Waals surface area (Å²) < 4.78 is 0. The number of nitrogens with one attached hydrogen (secondary N) is 2. The van der Waals surface area contributed by atoms with E-state index in [1.165, 1.54) is 55.0 Å². The van der Waals surface area contributed by atoms with Crippen LogP contribution >= 0.6 is 22.7 Å². The number of urea groups is 1. The molecule has 3 aromatic rings. The third-order valence-corrected chi connectivity index (χ3v) is 6.97. The average molecular weight is 428 g/mol. The van der Waals surface area contributed by atoms with Gasteiger partial charge in [-0.05, 0) is 43.6 Å². The van der Waals surface area contributed by atoms with Crippen molar-refractivity contribution in [3.63, 3.8) is 0 Å². The summed E-state index contributed by atoms with van der Waals surface area (Å²) in [6, 6.07) is 13.8. The number of hydrogen-bond donors (Lipinski definition) is 2. The first-order valence-electron chi connectivity index (χ1n) is 10.00. The lowest BCUT2D eigenvalue weighted by Crippen LogP contribution is -2.28. The first-order chi connectivity index (χ1) is 14.3. The summed E-state index contributed by atoms with van der Waals surface area (Å²) in [6.45, 7) is 3.87. The number of carbonyl (C=O) groups excluding carboxylic acids is 1. The van der Waals surface area contributed by atoms with E-state index in [9.17, 15) is 4.79 Å². The molecule has 152 valence electrons. The Bertz CT molecular complexity index is 916. The van der Waals surface area contributed by atoms with Crippen molar-refractivity contribution < 1.29 is 4.79 Å². The largest absolute Gasteiger partial charge is 0.334 e. The Hall–Kier alpha value is -2.29. The number of anilines is 1. The van der Waals surface area contributed by atoms with E-state index in [0.29, 0.717) is 11.7 Å². The number of likely N-dealkylation sites (tertiary alicyclic amines) is 1. The fraction of sp³-hybridized carbons (Fsp3) is 0.381. The van der Waals surface area contributed by atoms with Crippen LogP contribution in [-0.2, 0) is 13.1 Å². The Morgan fingerprint density at radius 3 is 2.55 bits per heavy atom. The summed E-state index contributed by atoms with van der Waals surface area (Å²) in [5.41, 5.74) is 1.05. The minimum absolute atomic E-state index is 0.274. The number of thiophene rings is 1. The zero-order valence-corrected chi connectivity index (χ0v) is 17.9. The van der Waals surface area contributed by atoms with Crippen molar-refractivity contribution in [1.29, 1.82) is 0 Å². The number of rotatable bonds is 6. The van der Waals surface area contributed by atoms with Gasteiger partial charge in [-0.15, -0.1) is 21.5 Å². The van der Waals surface area contributed by atoms with Gasteiger partial charge in [-0.3, -0.25) is 10.2 Å². The van der Waals surface area contributed by atoms with Gasteiger partial charge in [0.15, 0.2) is 5.01 Å². The van der Waals surface area contributed by atoms with Gasteiger partial charge in [0.1, 0.15) is 0 Å². The molecule has 3 heterocycles.